The summed E-state index contributed by atoms with van der Waals surface area (Å²) < 4.78 is 5.05. The van der Waals surface area contributed by atoms with Gasteiger partial charge in [-0.3, -0.25) is 9.69 Å². The molecule has 1 aliphatic heterocycles. The van der Waals surface area contributed by atoms with Crippen molar-refractivity contribution in [2.75, 3.05) is 42.9 Å². The minimum atomic E-state index is -0.851. The number of hydrogen-bond acceptors (Lipinski definition) is 6. The van der Waals surface area contributed by atoms with Gasteiger partial charge in [-0.1, -0.05) is 18.2 Å². The number of amides is 2. The normalized spacial score (nSPS) is 14.5. The maximum absolute atomic E-state index is 11.1. The van der Waals surface area contributed by atoms with E-state index < -0.39 is 6.09 Å². The lowest BCUT2D eigenvalue weighted by atomic mass is 10.1. The number of anilines is 2. The van der Waals surface area contributed by atoms with Gasteiger partial charge >= 0.3 is 6.09 Å². The first kappa shape index (κ1) is 20.7. The molecule has 1 aliphatic rings. The number of imidazole rings is 1. The minimum absolute atomic E-state index is 0.0632. The van der Waals surface area contributed by atoms with Gasteiger partial charge < -0.3 is 25.7 Å². The molecule has 0 saturated carbocycles. The molecule has 2 aromatic carbocycles. The molecule has 0 spiro atoms. The van der Waals surface area contributed by atoms with Crippen LogP contribution in [0.3, 0.4) is 0 Å². The van der Waals surface area contributed by atoms with Gasteiger partial charge in [0.1, 0.15) is 5.52 Å². The van der Waals surface area contributed by atoms with Crippen molar-refractivity contribution in [1.29, 1.82) is 0 Å². The molecule has 1 saturated heterocycles. The molecule has 2 amide bonds. The Morgan fingerprint density at radius 2 is 1.87 bits per heavy atom. The number of primary amides is 1. The van der Waals surface area contributed by atoms with Gasteiger partial charge in [-0.15, -0.1) is 0 Å². The molecule has 1 fully saturated rings. The largest absolute Gasteiger partial charge is 0.410 e. The Kier molecular flexibility index (Phi) is 6.03. The molecule has 4 N–H and O–H groups in total. The highest BCUT2D eigenvalue weighted by molar-refractivity contribution is 5.88. The molecule has 0 unspecified atom stereocenters. The number of aromatic nitrogens is 2. The third-order valence-electron chi connectivity index (χ3n) is 5.34. The van der Waals surface area contributed by atoms with Crippen molar-refractivity contribution < 1.29 is 14.3 Å². The van der Waals surface area contributed by atoms with Crippen LogP contribution >= 0.6 is 0 Å². The second-order valence-electron chi connectivity index (χ2n) is 7.59. The number of para-hydroxylation sites is 1. The van der Waals surface area contributed by atoms with Gasteiger partial charge in [0.2, 0.25) is 11.9 Å². The zero-order valence-electron chi connectivity index (χ0n) is 17.4. The van der Waals surface area contributed by atoms with Gasteiger partial charge in [0.05, 0.1) is 5.52 Å². The molecule has 0 radical (unpaired) electrons. The van der Waals surface area contributed by atoms with Crippen molar-refractivity contribution in [3.05, 3.63) is 48.0 Å². The number of H-pyrrole nitrogens is 1. The lowest BCUT2D eigenvalue weighted by molar-refractivity contribution is -0.114. The van der Waals surface area contributed by atoms with Crippen molar-refractivity contribution >= 4 is 34.7 Å². The molecule has 0 aliphatic carbocycles. The van der Waals surface area contributed by atoms with Crippen LogP contribution in [0.4, 0.5) is 16.4 Å². The first-order chi connectivity index (χ1) is 15.0. The highest BCUT2D eigenvalue weighted by Gasteiger charge is 2.20. The molecule has 162 valence electrons. The number of piperazine rings is 1. The van der Waals surface area contributed by atoms with Crippen LogP contribution in [-0.2, 0) is 11.2 Å². The van der Waals surface area contributed by atoms with E-state index in [9.17, 15) is 9.59 Å². The summed E-state index contributed by atoms with van der Waals surface area (Å²) >= 11 is 0. The summed E-state index contributed by atoms with van der Waals surface area (Å²) in [5, 5.41) is 2.79. The second-order valence-corrected chi connectivity index (χ2v) is 7.59. The summed E-state index contributed by atoms with van der Waals surface area (Å²) in [6.07, 6.45) is 0.106. The molecular formula is C22H26N6O3. The second kappa shape index (κ2) is 9.05. The lowest BCUT2D eigenvalue weighted by Crippen LogP contribution is -2.47. The maximum atomic E-state index is 11.1. The quantitative estimate of drug-likeness (QED) is 0.561. The van der Waals surface area contributed by atoms with Crippen LogP contribution in [-0.4, -0.2) is 59.6 Å². The average molecular weight is 422 g/mol. The van der Waals surface area contributed by atoms with Crippen molar-refractivity contribution in [2.45, 2.75) is 13.3 Å². The first-order valence-electron chi connectivity index (χ1n) is 10.3. The molecule has 31 heavy (non-hydrogen) atoms. The Labute approximate surface area is 180 Å². The molecule has 2 heterocycles. The van der Waals surface area contributed by atoms with Crippen LogP contribution in [0.25, 0.3) is 11.0 Å². The first-order valence-corrected chi connectivity index (χ1v) is 10.3. The summed E-state index contributed by atoms with van der Waals surface area (Å²) in [6, 6.07) is 13.4. The van der Waals surface area contributed by atoms with Crippen molar-refractivity contribution in [1.82, 2.24) is 14.9 Å². The van der Waals surface area contributed by atoms with Crippen LogP contribution in [0.1, 0.15) is 12.5 Å². The molecule has 0 bridgehead atoms. The smallest absolute Gasteiger partial charge is 0.408 e. The topological polar surface area (TPSA) is 117 Å². The number of hydrogen-bond donors (Lipinski definition) is 3. The highest BCUT2D eigenvalue weighted by Crippen LogP contribution is 2.26. The predicted octanol–water partition coefficient (Wildman–Crippen LogP) is 2.34. The fraction of sp³-hybridized carbons (Fsp3) is 0.318. The molecule has 3 aromatic rings. The summed E-state index contributed by atoms with van der Waals surface area (Å²) in [6.45, 7) is 6.06. The zero-order valence-corrected chi connectivity index (χ0v) is 17.4. The molecule has 9 heteroatoms. The third kappa shape index (κ3) is 5.13. The minimum Gasteiger partial charge on any atom is -0.408 e. The van der Waals surface area contributed by atoms with Gasteiger partial charge in [0.25, 0.3) is 0 Å². The molecule has 1 aromatic heterocycles. The van der Waals surface area contributed by atoms with Gasteiger partial charge in [-0.25, -0.2) is 9.78 Å². The number of fused-ring (bicyclic) bond motifs is 1. The monoisotopic (exact) mass is 422 g/mol. The predicted molar refractivity (Wildman–Crippen MR) is 119 cm³/mol. The van der Waals surface area contributed by atoms with Crippen molar-refractivity contribution in [2.24, 2.45) is 5.73 Å². The van der Waals surface area contributed by atoms with Crippen molar-refractivity contribution in [3.8, 4) is 5.75 Å². The number of carbonyl (C=O) groups is 2. The standard InChI is InChI=1S/C22H26N6O3/c1-15(29)24-17-7-5-16(6-8-17)9-10-27-11-13-28(14-12-27)22-25-18-3-2-4-19(20(18)26-22)31-21(23)30/h2-8H,9-14H2,1H3,(H2,23,30)(H,24,29)(H,25,26). The van der Waals surface area contributed by atoms with Crippen LogP contribution in [0.2, 0.25) is 0 Å². The zero-order chi connectivity index (χ0) is 21.8. The van der Waals surface area contributed by atoms with E-state index >= 15 is 0 Å². The third-order valence-corrected chi connectivity index (χ3v) is 5.34. The van der Waals surface area contributed by atoms with Gasteiger partial charge in [0.15, 0.2) is 5.75 Å². The Morgan fingerprint density at radius 1 is 1.13 bits per heavy atom. The van der Waals surface area contributed by atoms with E-state index in [0.717, 1.165) is 56.3 Å². The van der Waals surface area contributed by atoms with E-state index in [1.165, 1.54) is 12.5 Å². The number of nitrogens with one attached hydrogen (secondary N) is 2. The fourth-order valence-electron chi connectivity index (χ4n) is 3.76. The number of carbonyl (C=O) groups excluding carboxylic acids is 2. The van der Waals surface area contributed by atoms with E-state index in [-0.39, 0.29) is 5.91 Å². The lowest BCUT2D eigenvalue weighted by Gasteiger charge is -2.34. The Balaban J connectivity index is 1.31. The van der Waals surface area contributed by atoms with Crippen LogP contribution in [0, 0.1) is 0 Å². The Hall–Kier alpha value is -3.59. The van der Waals surface area contributed by atoms with E-state index in [0.29, 0.717) is 11.3 Å². The maximum Gasteiger partial charge on any atom is 0.410 e. The average Bonchev–Trinajstić information content (AvgIpc) is 3.18. The van der Waals surface area contributed by atoms with E-state index in [4.69, 9.17) is 10.5 Å². The van der Waals surface area contributed by atoms with E-state index in [1.807, 2.05) is 18.2 Å². The van der Waals surface area contributed by atoms with E-state index in [2.05, 4.69) is 37.2 Å². The number of benzene rings is 2. The highest BCUT2D eigenvalue weighted by atomic mass is 16.5. The Morgan fingerprint density at radius 3 is 2.55 bits per heavy atom. The SMILES string of the molecule is CC(=O)Nc1ccc(CCN2CCN(c3nc4c(OC(N)=O)cccc4[nH]3)CC2)cc1. The van der Waals surface area contributed by atoms with Crippen molar-refractivity contribution in [3.63, 3.8) is 0 Å². The van der Waals surface area contributed by atoms with Gasteiger partial charge in [-0.05, 0) is 36.2 Å². The number of nitrogens with zero attached hydrogens (tertiary/aromatic N) is 3. The molecular weight excluding hydrogens is 396 g/mol. The van der Waals surface area contributed by atoms with Gasteiger partial charge in [-0.2, -0.15) is 0 Å². The number of aromatic amines is 1. The van der Waals surface area contributed by atoms with Crippen LogP contribution < -0.4 is 20.7 Å². The molecule has 9 nitrogen and oxygen atoms in total. The summed E-state index contributed by atoms with van der Waals surface area (Å²) in [7, 11) is 0. The Bertz CT molecular complexity index is 1070. The number of ether oxygens (including phenoxy) is 1. The summed E-state index contributed by atoms with van der Waals surface area (Å²) in [5.41, 5.74) is 8.61. The number of nitrogens with two attached hydrogens (primary N) is 1. The van der Waals surface area contributed by atoms with E-state index in [1.54, 1.807) is 12.1 Å². The van der Waals surface area contributed by atoms with Gasteiger partial charge in [0, 0.05) is 45.3 Å². The molecule has 0 atom stereocenters. The van der Waals surface area contributed by atoms with Crippen LogP contribution in [0.5, 0.6) is 5.75 Å². The number of rotatable bonds is 6. The van der Waals surface area contributed by atoms with Crippen LogP contribution in [0.15, 0.2) is 42.5 Å². The molecule has 4 rings (SSSR count). The fourth-order valence-corrected chi connectivity index (χ4v) is 3.76. The summed E-state index contributed by atoms with van der Waals surface area (Å²) in [4.78, 5) is 34.8. The summed E-state index contributed by atoms with van der Waals surface area (Å²) in [5.74, 6) is 1.06.